The van der Waals surface area contributed by atoms with Gasteiger partial charge in [-0.1, -0.05) is 34.1 Å². The molecule has 4 rings (SSSR count). The molecule has 0 aromatic rings. The normalized spacial score (nSPS) is 58.4. The highest BCUT2D eigenvalue weighted by atomic mass is 16.3. The van der Waals surface area contributed by atoms with Crippen LogP contribution in [0.5, 0.6) is 0 Å². The van der Waals surface area contributed by atoms with Crippen molar-refractivity contribution in [2.75, 3.05) is 0 Å². The van der Waals surface area contributed by atoms with Gasteiger partial charge >= 0.3 is 0 Å². The van der Waals surface area contributed by atoms with Crippen molar-refractivity contribution in [1.82, 2.24) is 0 Å². The van der Waals surface area contributed by atoms with Crippen LogP contribution in [-0.4, -0.2) is 11.2 Å². The molecule has 0 aromatic heterocycles. The largest absolute Gasteiger partial charge is 0.393 e. The number of rotatable bonds is 0. The monoisotopic (exact) mass is 290 g/mol. The van der Waals surface area contributed by atoms with Crippen molar-refractivity contribution in [3.05, 3.63) is 0 Å². The Morgan fingerprint density at radius 3 is 2.43 bits per heavy atom. The van der Waals surface area contributed by atoms with E-state index in [4.69, 9.17) is 0 Å². The van der Waals surface area contributed by atoms with Gasteiger partial charge in [0.2, 0.25) is 0 Å². The average molecular weight is 290 g/mol. The topological polar surface area (TPSA) is 20.2 Å². The Hall–Kier alpha value is -0.0400. The molecule has 0 radical (unpaired) electrons. The zero-order valence-electron chi connectivity index (χ0n) is 14.5. The number of aliphatic hydroxyl groups is 1. The van der Waals surface area contributed by atoms with E-state index in [-0.39, 0.29) is 11.5 Å². The molecule has 2 bridgehead atoms. The van der Waals surface area contributed by atoms with Crippen LogP contribution in [0, 0.1) is 33.5 Å². The minimum Gasteiger partial charge on any atom is -0.393 e. The minimum absolute atomic E-state index is 0.0325. The summed E-state index contributed by atoms with van der Waals surface area (Å²) in [5.41, 5.74) is 1.85. The molecule has 4 aliphatic rings. The second-order valence-corrected chi connectivity index (χ2v) is 10.3. The maximum atomic E-state index is 10.7. The number of hydrogen-bond donors (Lipinski definition) is 1. The summed E-state index contributed by atoms with van der Waals surface area (Å²) in [6, 6.07) is 0. The number of fused-ring (bicyclic) bond motifs is 2. The molecule has 1 N–H and O–H groups in total. The Labute approximate surface area is 130 Å². The molecule has 6 atom stereocenters. The van der Waals surface area contributed by atoms with Crippen LogP contribution in [0.15, 0.2) is 0 Å². The van der Waals surface area contributed by atoms with Crippen molar-refractivity contribution in [2.24, 2.45) is 33.5 Å². The molecule has 0 amide bonds. The summed E-state index contributed by atoms with van der Waals surface area (Å²) in [7, 11) is 0. The van der Waals surface area contributed by atoms with Crippen LogP contribution in [0.25, 0.3) is 0 Å². The molecule has 1 spiro atoms. The third kappa shape index (κ3) is 1.62. The van der Waals surface area contributed by atoms with E-state index in [1.165, 1.54) is 51.4 Å². The van der Waals surface area contributed by atoms with E-state index >= 15 is 0 Å². The van der Waals surface area contributed by atoms with Crippen LogP contribution in [0.1, 0.15) is 85.5 Å². The van der Waals surface area contributed by atoms with E-state index in [1.54, 1.807) is 0 Å². The van der Waals surface area contributed by atoms with Crippen LogP contribution >= 0.6 is 0 Å². The van der Waals surface area contributed by atoms with Gasteiger partial charge in [-0.25, -0.2) is 0 Å². The van der Waals surface area contributed by atoms with Crippen LogP contribution < -0.4 is 0 Å². The van der Waals surface area contributed by atoms with Crippen LogP contribution in [0.2, 0.25) is 0 Å². The molecule has 0 saturated heterocycles. The highest BCUT2D eigenvalue weighted by molar-refractivity contribution is 5.18. The minimum atomic E-state index is -0.0325. The Bertz CT molecular complexity index is 455. The third-order valence-electron chi connectivity index (χ3n) is 9.13. The van der Waals surface area contributed by atoms with Crippen LogP contribution in [0.3, 0.4) is 0 Å². The lowest BCUT2D eigenvalue weighted by molar-refractivity contribution is -0.189. The highest BCUT2D eigenvalue weighted by Gasteiger charge is 2.68. The first-order chi connectivity index (χ1) is 9.74. The SMILES string of the molecule is CC1(C)CCC[C@@]2(C)[C@H]1CC[C@H]1C[C@@H](O)[C@@]3(C)CC[C@]12C3. The molecule has 0 aliphatic heterocycles. The molecule has 0 heterocycles. The van der Waals surface area contributed by atoms with Crippen molar-refractivity contribution < 1.29 is 5.11 Å². The average Bonchev–Trinajstić information content (AvgIpc) is 2.70. The second kappa shape index (κ2) is 4.08. The predicted molar refractivity (Wildman–Crippen MR) is 87.0 cm³/mol. The fraction of sp³-hybridized carbons (Fsp3) is 1.00. The van der Waals surface area contributed by atoms with Gasteiger partial charge in [0, 0.05) is 0 Å². The Balaban J connectivity index is 1.79. The third-order valence-corrected chi connectivity index (χ3v) is 9.13. The lowest BCUT2D eigenvalue weighted by Crippen LogP contribution is -2.60. The smallest absolute Gasteiger partial charge is 0.0596 e. The van der Waals surface area contributed by atoms with Gasteiger partial charge in [-0.15, -0.1) is 0 Å². The fourth-order valence-corrected chi connectivity index (χ4v) is 7.96. The summed E-state index contributed by atoms with van der Waals surface area (Å²) in [4.78, 5) is 0. The highest BCUT2D eigenvalue weighted by Crippen LogP contribution is 2.76. The van der Waals surface area contributed by atoms with Crippen molar-refractivity contribution in [2.45, 2.75) is 91.6 Å². The molecule has 1 heteroatoms. The van der Waals surface area contributed by atoms with E-state index in [2.05, 4.69) is 27.7 Å². The summed E-state index contributed by atoms with van der Waals surface area (Å²) >= 11 is 0. The van der Waals surface area contributed by atoms with Gasteiger partial charge in [-0.2, -0.15) is 0 Å². The first kappa shape index (κ1) is 14.5. The van der Waals surface area contributed by atoms with Crippen molar-refractivity contribution in [3.63, 3.8) is 0 Å². The first-order valence-electron chi connectivity index (χ1n) is 9.42. The molecule has 21 heavy (non-hydrogen) atoms. The zero-order chi connectivity index (χ0) is 15.1. The van der Waals surface area contributed by atoms with Crippen LogP contribution in [-0.2, 0) is 0 Å². The van der Waals surface area contributed by atoms with E-state index in [9.17, 15) is 5.11 Å². The fourth-order valence-electron chi connectivity index (χ4n) is 7.96. The van der Waals surface area contributed by atoms with Gasteiger partial charge in [0.1, 0.15) is 0 Å². The molecule has 4 saturated carbocycles. The van der Waals surface area contributed by atoms with E-state index < -0.39 is 0 Å². The van der Waals surface area contributed by atoms with Crippen molar-refractivity contribution in [1.29, 1.82) is 0 Å². The molecule has 0 unspecified atom stereocenters. The lowest BCUT2D eigenvalue weighted by atomic mass is 9.38. The molecule has 4 fully saturated rings. The summed E-state index contributed by atoms with van der Waals surface area (Å²) < 4.78 is 0. The van der Waals surface area contributed by atoms with Gasteiger partial charge < -0.3 is 5.11 Å². The Morgan fingerprint density at radius 2 is 1.67 bits per heavy atom. The lowest BCUT2D eigenvalue weighted by Gasteiger charge is -2.67. The Morgan fingerprint density at radius 1 is 0.905 bits per heavy atom. The zero-order valence-corrected chi connectivity index (χ0v) is 14.5. The summed E-state index contributed by atoms with van der Waals surface area (Å²) in [5, 5.41) is 10.7. The molecule has 4 aliphatic carbocycles. The van der Waals surface area contributed by atoms with Gasteiger partial charge in [0.05, 0.1) is 6.10 Å². The summed E-state index contributed by atoms with van der Waals surface area (Å²) in [6.45, 7) is 10.1. The molecule has 120 valence electrons. The van der Waals surface area contributed by atoms with E-state index in [1.807, 2.05) is 0 Å². The number of aliphatic hydroxyl groups excluding tert-OH is 1. The first-order valence-corrected chi connectivity index (χ1v) is 9.42. The number of hydrogen-bond acceptors (Lipinski definition) is 1. The van der Waals surface area contributed by atoms with E-state index in [0.29, 0.717) is 16.2 Å². The molecule has 0 aromatic carbocycles. The summed E-state index contributed by atoms with van der Waals surface area (Å²) in [6.07, 6.45) is 12.1. The van der Waals surface area contributed by atoms with Gasteiger partial charge in [-0.05, 0) is 84.9 Å². The molecular weight excluding hydrogens is 256 g/mol. The molecule has 1 nitrogen and oxygen atoms in total. The molecular formula is C20H34O. The maximum Gasteiger partial charge on any atom is 0.0596 e. The van der Waals surface area contributed by atoms with Gasteiger partial charge in [0.25, 0.3) is 0 Å². The Kier molecular flexibility index (Phi) is 2.82. The quantitative estimate of drug-likeness (QED) is 0.652. The maximum absolute atomic E-state index is 10.7. The van der Waals surface area contributed by atoms with Gasteiger partial charge in [-0.3, -0.25) is 0 Å². The van der Waals surface area contributed by atoms with Crippen molar-refractivity contribution in [3.8, 4) is 0 Å². The summed E-state index contributed by atoms with van der Waals surface area (Å²) in [5.74, 6) is 1.71. The standard InChI is InChI=1S/C20H34O/c1-17(2)8-5-9-19(4)15(17)7-6-14-12-16(21)18(3)10-11-20(14,19)13-18/h14-16,21H,5-13H2,1-4H3/t14-,15-,16+,18-,19-,20-/m0/s1. The van der Waals surface area contributed by atoms with Crippen molar-refractivity contribution >= 4 is 0 Å². The van der Waals surface area contributed by atoms with E-state index in [0.717, 1.165) is 18.3 Å². The predicted octanol–water partition coefficient (Wildman–Crippen LogP) is 5.17. The second-order valence-electron chi connectivity index (χ2n) is 10.3. The van der Waals surface area contributed by atoms with Crippen LogP contribution in [0.4, 0.5) is 0 Å². The van der Waals surface area contributed by atoms with Gasteiger partial charge in [0.15, 0.2) is 0 Å².